The Hall–Kier alpha value is -7.86. The van der Waals surface area contributed by atoms with Gasteiger partial charge in [-0.15, -0.1) is 0 Å². The molecule has 0 radical (unpaired) electrons. The first-order valence-electron chi connectivity index (χ1n) is 16.5. The predicted molar refractivity (Wildman–Crippen MR) is 211 cm³/mol. The van der Waals surface area contributed by atoms with Gasteiger partial charge in [-0.3, -0.25) is 0 Å². The normalized spacial score (nSPS) is 9.80. The first-order chi connectivity index (χ1) is 26.3. The van der Waals surface area contributed by atoms with Gasteiger partial charge in [0, 0.05) is 45.0 Å². The topological polar surface area (TPSA) is 105 Å². The summed E-state index contributed by atoms with van der Waals surface area (Å²) in [6, 6.07) is 24.8. The molecule has 0 bridgehead atoms. The van der Waals surface area contributed by atoms with Gasteiger partial charge >= 0.3 is 23.9 Å². The maximum Gasteiger partial charge on any atom is 0.347 e. The smallest absolute Gasteiger partial charge is 0.347 e. The van der Waals surface area contributed by atoms with Gasteiger partial charge in [0.05, 0.1) is 11.8 Å². The Morgan fingerprint density at radius 3 is 1.64 bits per heavy atom. The van der Waals surface area contributed by atoms with Gasteiger partial charge < -0.3 is 18.9 Å². The van der Waals surface area contributed by atoms with E-state index in [2.05, 4.69) is 62.0 Å². The molecule has 55 heavy (non-hydrogen) atoms. The van der Waals surface area contributed by atoms with E-state index in [0.29, 0.717) is 39.1 Å². The fraction of sp³-hybridized carbons (Fsp3) is 0.0638. The van der Waals surface area contributed by atoms with Crippen LogP contribution in [0.2, 0.25) is 0 Å². The first kappa shape index (κ1) is 39.9. The Labute approximate surface area is 320 Å². The van der Waals surface area contributed by atoms with Crippen molar-refractivity contribution in [2.75, 3.05) is 0 Å². The second-order valence-corrected chi connectivity index (χ2v) is 11.8. The van der Waals surface area contributed by atoms with Crippen molar-refractivity contribution >= 4 is 30.0 Å². The van der Waals surface area contributed by atoms with E-state index < -0.39 is 23.9 Å². The fourth-order valence-corrected chi connectivity index (χ4v) is 4.26. The van der Waals surface area contributed by atoms with Gasteiger partial charge in [-0.25, -0.2) is 19.2 Å². The average molecular weight is 727 g/mol. The highest BCUT2D eigenvalue weighted by Crippen LogP contribution is 2.27. The monoisotopic (exact) mass is 726 g/mol. The van der Waals surface area contributed by atoms with Gasteiger partial charge in [0.2, 0.25) is 0 Å². The van der Waals surface area contributed by atoms with E-state index in [1.165, 1.54) is 26.2 Å². The summed E-state index contributed by atoms with van der Waals surface area (Å²) < 4.78 is 20.9. The second-order valence-electron chi connectivity index (χ2n) is 11.8. The fourth-order valence-electron chi connectivity index (χ4n) is 4.26. The Balaban J connectivity index is 1.68. The lowest BCUT2D eigenvalue weighted by Gasteiger charge is -2.10. The minimum atomic E-state index is -0.674. The second kappa shape index (κ2) is 19.1. The molecule has 8 heteroatoms. The van der Waals surface area contributed by atoms with Crippen LogP contribution in [0.4, 0.5) is 0 Å². The van der Waals surface area contributed by atoms with Gasteiger partial charge in [-0.1, -0.05) is 74.3 Å². The lowest BCUT2D eigenvalue weighted by molar-refractivity contribution is -0.134. The number of rotatable bonds is 9. The lowest BCUT2D eigenvalue weighted by atomic mass is 10.0. The molecular formula is C47H34O8. The summed E-state index contributed by atoms with van der Waals surface area (Å²) in [5.41, 5.74) is 5.70. The highest BCUT2D eigenvalue weighted by Gasteiger charge is 2.14. The van der Waals surface area contributed by atoms with E-state index in [1.54, 1.807) is 43.3 Å². The Kier molecular flexibility index (Phi) is 13.9. The minimum absolute atomic E-state index is 0.104. The third-order valence-corrected chi connectivity index (χ3v) is 7.17. The molecule has 0 heterocycles. The predicted octanol–water partition coefficient (Wildman–Crippen LogP) is 8.24. The Morgan fingerprint density at radius 1 is 0.582 bits per heavy atom. The molecule has 8 nitrogen and oxygen atoms in total. The molecule has 0 saturated heterocycles. The molecule has 4 rings (SSSR count). The molecule has 0 aliphatic carbocycles. The van der Waals surface area contributed by atoms with Crippen LogP contribution in [0.15, 0.2) is 140 Å². The molecule has 0 fully saturated rings. The molecule has 0 N–H and O–H groups in total. The molecule has 0 amide bonds. The van der Waals surface area contributed by atoms with Gasteiger partial charge in [-0.2, -0.15) is 0 Å². The van der Waals surface area contributed by atoms with Crippen molar-refractivity contribution in [3.63, 3.8) is 0 Å². The van der Waals surface area contributed by atoms with Crippen molar-refractivity contribution in [2.45, 2.75) is 20.8 Å². The summed E-state index contributed by atoms with van der Waals surface area (Å²) in [7, 11) is 0. The summed E-state index contributed by atoms with van der Waals surface area (Å²) >= 11 is 0. The van der Waals surface area contributed by atoms with Crippen LogP contribution in [0.5, 0.6) is 11.5 Å². The van der Waals surface area contributed by atoms with E-state index in [-0.39, 0.29) is 22.5 Å². The summed E-state index contributed by atoms with van der Waals surface area (Å²) in [4.78, 5) is 47.9. The Morgan fingerprint density at radius 2 is 1.09 bits per heavy atom. The zero-order chi connectivity index (χ0) is 39.9. The van der Waals surface area contributed by atoms with Gasteiger partial charge in [0.1, 0.15) is 17.6 Å². The molecule has 0 aliphatic heterocycles. The van der Waals surface area contributed by atoms with Crippen LogP contribution in [0.1, 0.15) is 54.2 Å². The minimum Gasteiger partial charge on any atom is -0.431 e. The average Bonchev–Trinajstić information content (AvgIpc) is 3.17. The highest BCUT2D eigenvalue weighted by atomic mass is 16.5. The SMILES string of the molecule is C=CC(=O)Oc1ccc(C#Cc2c(C=COC(=O)C(=C)C)cc(C#Cc3ccc(-c4ccc(C#COC(=O)C(=C)C)cc4)cc3)cc2OC(=O)C(=C)C)cc1. The standard InChI is InChI=1S/C47H34O8/c1-8-44(48)54-41-22-15-35(16-23-41)17-24-42-40(26-28-53-46(50)32(4)5)29-37(30-43(42)55-47(51)33(6)7)10-9-34-11-18-38(19-12-34)39-20-13-36(14-21-39)25-27-52-45(49)31(2)3/h8,11-16,18-23,26,28-30H,1-2,4,6H2,3,5,7H3. The van der Waals surface area contributed by atoms with Crippen molar-refractivity contribution in [3.8, 4) is 58.3 Å². The molecule has 0 saturated carbocycles. The largest absolute Gasteiger partial charge is 0.431 e. The number of carbonyl (C=O) groups excluding carboxylic acids is 4. The van der Waals surface area contributed by atoms with Crippen molar-refractivity contribution in [1.29, 1.82) is 0 Å². The van der Waals surface area contributed by atoms with Crippen molar-refractivity contribution < 1.29 is 38.1 Å². The van der Waals surface area contributed by atoms with Gasteiger partial charge in [0.15, 0.2) is 0 Å². The first-order valence-corrected chi connectivity index (χ1v) is 16.5. The molecule has 0 aromatic heterocycles. The summed E-state index contributed by atoms with van der Waals surface area (Å²) in [5, 5.41) is 0. The number of hydrogen-bond donors (Lipinski definition) is 0. The summed E-state index contributed by atoms with van der Waals surface area (Å²) in [5.74, 6) is 13.1. The molecule has 0 spiro atoms. The molecule has 270 valence electrons. The van der Waals surface area contributed by atoms with Gasteiger partial charge in [-0.05, 0) is 110 Å². The maximum absolute atomic E-state index is 12.8. The van der Waals surface area contributed by atoms with Crippen LogP contribution >= 0.6 is 0 Å². The number of ether oxygens (including phenoxy) is 4. The summed E-state index contributed by atoms with van der Waals surface area (Å²) in [6.45, 7) is 18.8. The van der Waals surface area contributed by atoms with Crippen molar-refractivity contribution in [2.24, 2.45) is 0 Å². The molecule has 4 aromatic rings. The van der Waals surface area contributed by atoms with Crippen LogP contribution in [0, 0.1) is 35.7 Å². The van der Waals surface area contributed by atoms with Crippen LogP contribution < -0.4 is 9.47 Å². The number of carbonyl (C=O) groups is 4. The quantitative estimate of drug-likeness (QED) is 0.0559. The molecule has 0 unspecified atom stereocenters. The van der Waals surface area contributed by atoms with Crippen LogP contribution in [-0.2, 0) is 28.7 Å². The highest BCUT2D eigenvalue weighted by molar-refractivity contribution is 5.90. The van der Waals surface area contributed by atoms with E-state index in [1.807, 2.05) is 48.5 Å². The molecular weight excluding hydrogens is 693 g/mol. The van der Waals surface area contributed by atoms with E-state index in [9.17, 15) is 19.2 Å². The number of benzene rings is 4. The zero-order valence-electron chi connectivity index (χ0n) is 30.4. The number of esters is 4. The maximum atomic E-state index is 12.8. The third kappa shape index (κ3) is 12.1. The Bertz CT molecular complexity index is 2430. The van der Waals surface area contributed by atoms with E-state index >= 15 is 0 Å². The molecule has 0 atom stereocenters. The lowest BCUT2D eigenvalue weighted by Crippen LogP contribution is -2.10. The van der Waals surface area contributed by atoms with Crippen molar-refractivity contribution in [3.05, 3.63) is 174 Å². The third-order valence-electron chi connectivity index (χ3n) is 7.17. The van der Waals surface area contributed by atoms with Gasteiger partial charge in [0.25, 0.3) is 0 Å². The van der Waals surface area contributed by atoms with E-state index in [0.717, 1.165) is 17.2 Å². The molecule has 0 aliphatic rings. The van der Waals surface area contributed by atoms with Crippen molar-refractivity contribution in [1.82, 2.24) is 0 Å². The van der Waals surface area contributed by atoms with Crippen LogP contribution in [0.25, 0.3) is 17.2 Å². The van der Waals surface area contributed by atoms with E-state index in [4.69, 9.17) is 18.9 Å². The summed E-state index contributed by atoms with van der Waals surface area (Å²) in [6.07, 6.45) is 6.15. The zero-order valence-corrected chi connectivity index (χ0v) is 30.4. The molecule has 4 aromatic carbocycles. The number of hydrogen-bond acceptors (Lipinski definition) is 8. The van der Waals surface area contributed by atoms with Crippen LogP contribution in [0.3, 0.4) is 0 Å². The van der Waals surface area contributed by atoms with Crippen LogP contribution in [-0.4, -0.2) is 23.9 Å².